The Bertz CT molecular complexity index is 599. The number of ether oxygens (including phenoxy) is 1. The molecule has 106 valence electrons. The number of nitrogens with zero attached hydrogens (tertiary/aromatic N) is 3. The van der Waals surface area contributed by atoms with Crippen molar-refractivity contribution in [1.82, 2.24) is 15.0 Å². The number of nitrogen functional groups attached to an aromatic ring is 1. The Labute approximate surface area is 117 Å². The summed E-state index contributed by atoms with van der Waals surface area (Å²) in [4.78, 5) is 11.9. The average Bonchev–Trinajstić information content (AvgIpc) is 2.70. The fourth-order valence-electron chi connectivity index (χ4n) is 1.67. The molecule has 0 saturated heterocycles. The van der Waals surface area contributed by atoms with Crippen LogP contribution in [-0.2, 0) is 11.3 Å². The molecule has 1 aromatic carbocycles. The third-order valence-electron chi connectivity index (χ3n) is 2.54. The van der Waals surface area contributed by atoms with E-state index < -0.39 is 11.6 Å². The van der Waals surface area contributed by atoms with E-state index in [0.717, 1.165) is 5.56 Å². The number of carbonyl (C=O) groups is 1. The van der Waals surface area contributed by atoms with E-state index in [9.17, 15) is 4.79 Å². The molecule has 6 heteroatoms. The number of hydrogen-bond donors (Lipinski definition) is 1. The van der Waals surface area contributed by atoms with E-state index in [4.69, 9.17) is 10.5 Å². The van der Waals surface area contributed by atoms with E-state index in [1.54, 1.807) is 20.8 Å². The molecular weight excluding hydrogens is 256 g/mol. The molecule has 0 aliphatic rings. The molecule has 20 heavy (non-hydrogen) atoms. The second-order valence-corrected chi connectivity index (χ2v) is 5.47. The number of nitrogens with two attached hydrogens (primary N) is 1. The molecule has 0 amide bonds. The lowest BCUT2D eigenvalue weighted by Crippen LogP contribution is -2.24. The van der Waals surface area contributed by atoms with Gasteiger partial charge in [0.1, 0.15) is 5.60 Å². The number of rotatable bonds is 3. The van der Waals surface area contributed by atoms with Crippen LogP contribution < -0.4 is 5.73 Å². The topological polar surface area (TPSA) is 83.0 Å². The van der Waals surface area contributed by atoms with Crippen molar-refractivity contribution in [3.63, 3.8) is 0 Å². The van der Waals surface area contributed by atoms with Crippen LogP contribution in [-0.4, -0.2) is 26.6 Å². The largest absolute Gasteiger partial charge is 0.455 e. The van der Waals surface area contributed by atoms with Crippen LogP contribution in [0.3, 0.4) is 0 Å². The SMILES string of the molecule is CC(C)(C)OC(=O)c1nnn(Cc2ccccc2)c1N. The number of hydrogen-bond acceptors (Lipinski definition) is 5. The molecule has 2 rings (SSSR count). The molecule has 6 nitrogen and oxygen atoms in total. The van der Waals surface area contributed by atoms with Crippen molar-refractivity contribution in [3.8, 4) is 0 Å². The molecule has 0 atom stereocenters. The Hall–Kier alpha value is -2.37. The summed E-state index contributed by atoms with van der Waals surface area (Å²) >= 11 is 0. The van der Waals surface area contributed by atoms with E-state index >= 15 is 0 Å². The van der Waals surface area contributed by atoms with Gasteiger partial charge in [0.2, 0.25) is 5.69 Å². The van der Waals surface area contributed by atoms with E-state index in [-0.39, 0.29) is 11.5 Å². The minimum Gasteiger partial charge on any atom is -0.455 e. The van der Waals surface area contributed by atoms with E-state index in [1.165, 1.54) is 4.68 Å². The van der Waals surface area contributed by atoms with Crippen LogP contribution >= 0.6 is 0 Å². The fraction of sp³-hybridized carbons (Fsp3) is 0.357. The highest BCUT2D eigenvalue weighted by atomic mass is 16.6. The Morgan fingerprint density at radius 1 is 1.30 bits per heavy atom. The van der Waals surface area contributed by atoms with Gasteiger partial charge in [0.25, 0.3) is 0 Å². The summed E-state index contributed by atoms with van der Waals surface area (Å²) in [6, 6.07) is 9.69. The zero-order valence-corrected chi connectivity index (χ0v) is 11.8. The van der Waals surface area contributed by atoms with Crippen molar-refractivity contribution in [3.05, 3.63) is 41.6 Å². The quantitative estimate of drug-likeness (QED) is 0.864. The number of anilines is 1. The van der Waals surface area contributed by atoms with Gasteiger partial charge in [-0.15, -0.1) is 5.10 Å². The van der Waals surface area contributed by atoms with Gasteiger partial charge in [-0.05, 0) is 26.3 Å². The summed E-state index contributed by atoms with van der Waals surface area (Å²) in [5, 5.41) is 7.71. The van der Waals surface area contributed by atoms with Gasteiger partial charge >= 0.3 is 5.97 Å². The minimum absolute atomic E-state index is 0.0517. The number of aromatic nitrogens is 3. The maximum atomic E-state index is 11.9. The lowest BCUT2D eigenvalue weighted by Gasteiger charge is -2.18. The van der Waals surface area contributed by atoms with Gasteiger partial charge in [-0.3, -0.25) is 0 Å². The monoisotopic (exact) mass is 274 g/mol. The Balaban J connectivity index is 2.17. The molecule has 0 unspecified atom stereocenters. The third kappa shape index (κ3) is 3.34. The zero-order valence-electron chi connectivity index (χ0n) is 11.8. The number of benzene rings is 1. The van der Waals surface area contributed by atoms with E-state index in [1.807, 2.05) is 30.3 Å². The van der Waals surface area contributed by atoms with Crippen LogP contribution in [0.15, 0.2) is 30.3 Å². The van der Waals surface area contributed by atoms with Crippen LogP contribution in [0.1, 0.15) is 36.8 Å². The molecule has 0 fully saturated rings. The van der Waals surface area contributed by atoms with Gasteiger partial charge in [0.15, 0.2) is 5.82 Å². The van der Waals surface area contributed by atoms with Crippen LogP contribution in [0.25, 0.3) is 0 Å². The summed E-state index contributed by atoms with van der Waals surface area (Å²) < 4.78 is 6.71. The molecular formula is C14H18N4O2. The first-order valence-corrected chi connectivity index (χ1v) is 6.33. The molecule has 2 aromatic rings. The van der Waals surface area contributed by atoms with Gasteiger partial charge in [-0.2, -0.15) is 0 Å². The van der Waals surface area contributed by atoms with Crippen molar-refractivity contribution in [1.29, 1.82) is 0 Å². The van der Waals surface area contributed by atoms with Crippen molar-refractivity contribution in [2.75, 3.05) is 5.73 Å². The summed E-state index contributed by atoms with van der Waals surface area (Å²) in [6.45, 7) is 5.82. The molecule has 0 saturated carbocycles. The second kappa shape index (κ2) is 5.32. The highest BCUT2D eigenvalue weighted by Gasteiger charge is 2.24. The summed E-state index contributed by atoms with van der Waals surface area (Å²) in [7, 11) is 0. The molecule has 0 radical (unpaired) electrons. The molecule has 0 bridgehead atoms. The van der Waals surface area contributed by atoms with Crippen molar-refractivity contribution in [2.24, 2.45) is 0 Å². The Kier molecular flexibility index (Phi) is 3.74. The predicted octanol–water partition coefficient (Wildman–Crippen LogP) is 1.86. The summed E-state index contributed by atoms with van der Waals surface area (Å²) in [5.41, 5.74) is 6.40. The third-order valence-corrected chi connectivity index (χ3v) is 2.54. The Morgan fingerprint density at radius 3 is 2.55 bits per heavy atom. The van der Waals surface area contributed by atoms with Gasteiger partial charge in [-0.25, -0.2) is 9.48 Å². The van der Waals surface area contributed by atoms with Crippen LogP contribution in [0.2, 0.25) is 0 Å². The highest BCUT2D eigenvalue weighted by Crippen LogP contribution is 2.16. The zero-order chi connectivity index (χ0) is 14.8. The van der Waals surface area contributed by atoms with Crippen LogP contribution in [0, 0.1) is 0 Å². The van der Waals surface area contributed by atoms with Gasteiger partial charge < -0.3 is 10.5 Å². The second-order valence-electron chi connectivity index (χ2n) is 5.47. The average molecular weight is 274 g/mol. The van der Waals surface area contributed by atoms with Gasteiger partial charge in [0, 0.05) is 0 Å². The molecule has 0 spiro atoms. The fourth-order valence-corrected chi connectivity index (χ4v) is 1.67. The standard InChI is InChI=1S/C14H18N4O2/c1-14(2,3)20-13(19)11-12(15)18(17-16-11)9-10-7-5-4-6-8-10/h4-8H,9,15H2,1-3H3. The first-order chi connectivity index (χ1) is 9.37. The van der Waals surface area contributed by atoms with E-state index in [2.05, 4.69) is 10.3 Å². The summed E-state index contributed by atoms with van der Waals surface area (Å²) in [6.07, 6.45) is 0. The molecule has 0 aliphatic carbocycles. The van der Waals surface area contributed by atoms with E-state index in [0.29, 0.717) is 6.54 Å². The van der Waals surface area contributed by atoms with Crippen LogP contribution in [0.5, 0.6) is 0 Å². The van der Waals surface area contributed by atoms with Crippen molar-refractivity contribution in [2.45, 2.75) is 32.9 Å². The predicted molar refractivity (Wildman–Crippen MR) is 75.1 cm³/mol. The lowest BCUT2D eigenvalue weighted by atomic mass is 10.2. The van der Waals surface area contributed by atoms with Crippen LogP contribution in [0.4, 0.5) is 5.82 Å². The van der Waals surface area contributed by atoms with Crippen molar-refractivity contribution >= 4 is 11.8 Å². The molecule has 0 aliphatic heterocycles. The maximum Gasteiger partial charge on any atom is 0.363 e. The normalized spacial score (nSPS) is 11.3. The molecule has 1 aromatic heterocycles. The Morgan fingerprint density at radius 2 is 1.95 bits per heavy atom. The molecule has 2 N–H and O–H groups in total. The summed E-state index contributed by atoms with van der Waals surface area (Å²) in [5.74, 6) is -0.350. The lowest BCUT2D eigenvalue weighted by molar-refractivity contribution is 0.00640. The van der Waals surface area contributed by atoms with Gasteiger partial charge in [0.05, 0.1) is 6.54 Å². The maximum absolute atomic E-state index is 11.9. The minimum atomic E-state index is -0.591. The van der Waals surface area contributed by atoms with Crippen molar-refractivity contribution < 1.29 is 9.53 Å². The van der Waals surface area contributed by atoms with Gasteiger partial charge in [-0.1, -0.05) is 35.5 Å². The first kappa shape index (κ1) is 14.0. The molecule has 1 heterocycles. The number of esters is 1. The number of carbonyl (C=O) groups excluding carboxylic acids is 1. The first-order valence-electron chi connectivity index (χ1n) is 6.33. The smallest absolute Gasteiger partial charge is 0.363 e. The highest BCUT2D eigenvalue weighted by molar-refractivity contribution is 5.92.